The first-order valence-electron chi connectivity index (χ1n) is 9.00. The van der Waals surface area contributed by atoms with Crippen LogP contribution in [0.25, 0.3) is 15.9 Å². The SMILES string of the molecule is Cc1cc(F)ccc1NC(=O)Cn1c(=O)n(-c2cc(F)cc(F)c2)c(=O)c2sccc21. The molecule has 31 heavy (non-hydrogen) atoms. The summed E-state index contributed by atoms with van der Waals surface area (Å²) < 4.78 is 42.5. The van der Waals surface area contributed by atoms with E-state index in [2.05, 4.69) is 5.32 Å². The molecule has 0 aliphatic heterocycles. The molecule has 0 aliphatic rings. The topological polar surface area (TPSA) is 73.1 Å². The second-order valence-corrected chi connectivity index (χ2v) is 7.70. The van der Waals surface area contributed by atoms with Crippen LogP contribution in [0.15, 0.2) is 57.4 Å². The second-order valence-electron chi connectivity index (χ2n) is 6.78. The number of aromatic nitrogens is 2. The normalized spacial score (nSPS) is 11.1. The maximum Gasteiger partial charge on any atom is 0.336 e. The molecule has 0 saturated carbocycles. The standard InChI is InChI=1S/C21H14F3N3O3S/c1-11-6-12(22)2-3-16(11)25-18(28)10-26-17-4-5-31-19(17)20(29)27(21(26)30)15-8-13(23)7-14(24)9-15/h2-9H,10H2,1H3,(H,25,28). The molecule has 0 saturated heterocycles. The smallest absolute Gasteiger partial charge is 0.324 e. The number of hydrogen-bond acceptors (Lipinski definition) is 4. The van der Waals surface area contributed by atoms with Crippen LogP contribution in [0.4, 0.5) is 18.9 Å². The second kappa shape index (κ2) is 7.88. The molecule has 1 N–H and O–H groups in total. The summed E-state index contributed by atoms with van der Waals surface area (Å²) in [5, 5.41) is 4.16. The van der Waals surface area contributed by atoms with Gasteiger partial charge >= 0.3 is 5.69 Å². The van der Waals surface area contributed by atoms with Gasteiger partial charge in [0, 0.05) is 11.8 Å². The molecule has 0 atom stereocenters. The number of nitrogens with zero attached hydrogens (tertiary/aromatic N) is 2. The highest BCUT2D eigenvalue weighted by Gasteiger charge is 2.19. The number of rotatable bonds is 4. The van der Waals surface area contributed by atoms with E-state index in [9.17, 15) is 27.6 Å². The number of thiophene rings is 1. The van der Waals surface area contributed by atoms with Gasteiger partial charge in [-0.3, -0.25) is 14.2 Å². The summed E-state index contributed by atoms with van der Waals surface area (Å²) in [5.74, 6) is -2.96. The fourth-order valence-corrected chi connectivity index (χ4v) is 4.06. The molecule has 2 aromatic heterocycles. The van der Waals surface area contributed by atoms with E-state index in [-0.39, 0.29) is 15.9 Å². The van der Waals surface area contributed by atoms with Gasteiger partial charge in [-0.25, -0.2) is 22.5 Å². The highest BCUT2D eigenvalue weighted by molar-refractivity contribution is 7.17. The van der Waals surface area contributed by atoms with Gasteiger partial charge in [0.25, 0.3) is 5.56 Å². The number of hydrogen-bond donors (Lipinski definition) is 1. The lowest BCUT2D eigenvalue weighted by Crippen LogP contribution is -2.40. The molecule has 0 aliphatic carbocycles. The van der Waals surface area contributed by atoms with E-state index in [1.807, 2.05) is 0 Å². The Morgan fingerprint density at radius 2 is 1.71 bits per heavy atom. The third-order valence-corrected chi connectivity index (χ3v) is 5.52. The average molecular weight is 445 g/mol. The molecule has 6 nitrogen and oxygen atoms in total. The van der Waals surface area contributed by atoms with Crippen molar-refractivity contribution >= 4 is 33.1 Å². The quantitative estimate of drug-likeness (QED) is 0.522. The summed E-state index contributed by atoms with van der Waals surface area (Å²) in [6, 6.07) is 7.67. The fourth-order valence-electron chi connectivity index (χ4n) is 3.24. The van der Waals surface area contributed by atoms with Crippen molar-refractivity contribution in [1.82, 2.24) is 9.13 Å². The first-order valence-corrected chi connectivity index (χ1v) is 9.88. The zero-order valence-corrected chi connectivity index (χ0v) is 16.8. The predicted molar refractivity (Wildman–Crippen MR) is 111 cm³/mol. The van der Waals surface area contributed by atoms with Gasteiger partial charge in [0.2, 0.25) is 5.91 Å². The molecule has 0 radical (unpaired) electrons. The van der Waals surface area contributed by atoms with Gasteiger partial charge in [-0.2, -0.15) is 0 Å². The van der Waals surface area contributed by atoms with Gasteiger partial charge in [0.1, 0.15) is 28.7 Å². The van der Waals surface area contributed by atoms with E-state index in [1.54, 1.807) is 12.3 Å². The zero-order valence-electron chi connectivity index (χ0n) is 16.0. The van der Waals surface area contributed by atoms with Crippen LogP contribution >= 0.6 is 11.3 Å². The molecular weight excluding hydrogens is 431 g/mol. The van der Waals surface area contributed by atoms with Crippen LogP contribution in [-0.4, -0.2) is 15.0 Å². The molecule has 1 amide bonds. The van der Waals surface area contributed by atoms with E-state index in [1.165, 1.54) is 24.3 Å². The Balaban J connectivity index is 1.81. The van der Waals surface area contributed by atoms with E-state index in [0.29, 0.717) is 21.9 Å². The van der Waals surface area contributed by atoms with Crippen molar-refractivity contribution in [2.75, 3.05) is 5.32 Å². The van der Waals surface area contributed by atoms with Crippen molar-refractivity contribution in [3.05, 3.63) is 91.7 Å². The number of anilines is 1. The molecule has 0 bridgehead atoms. The Morgan fingerprint density at radius 3 is 2.39 bits per heavy atom. The number of halogens is 3. The molecule has 158 valence electrons. The number of carbonyl (C=O) groups excluding carboxylic acids is 1. The molecule has 2 aromatic carbocycles. The van der Waals surface area contributed by atoms with Crippen LogP contribution in [0.1, 0.15) is 5.56 Å². The Morgan fingerprint density at radius 1 is 1.00 bits per heavy atom. The lowest BCUT2D eigenvalue weighted by molar-refractivity contribution is -0.116. The monoisotopic (exact) mass is 445 g/mol. The number of fused-ring (bicyclic) bond motifs is 1. The summed E-state index contributed by atoms with van der Waals surface area (Å²) >= 11 is 1.04. The van der Waals surface area contributed by atoms with Crippen molar-refractivity contribution in [3.63, 3.8) is 0 Å². The van der Waals surface area contributed by atoms with E-state index in [0.717, 1.165) is 28.0 Å². The fraction of sp³-hybridized carbons (Fsp3) is 0.0952. The van der Waals surface area contributed by atoms with Crippen LogP contribution in [0.3, 0.4) is 0 Å². The molecule has 0 unspecified atom stereocenters. The molecule has 0 spiro atoms. The number of aryl methyl sites for hydroxylation is 1. The third kappa shape index (κ3) is 3.89. The summed E-state index contributed by atoms with van der Waals surface area (Å²) in [6.45, 7) is 1.14. The Bertz CT molecular complexity index is 1440. The zero-order chi connectivity index (χ0) is 22.3. The van der Waals surface area contributed by atoms with E-state index in [4.69, 9.17) is 0 Å². The van der Waals surface area contributed by atoms with Gasteiger partial charge < -0.3 is 5.32 Å². The minimum atomic E-state index is -0.955. The van der Waals surface area contributed by atoms with Gasteiger partial charge in [-0.1, -0.05) is 0 Å². The lowest BCUT2D eigenvalue weighted by Gasteiger charge is -2.13. The maximum absolute atomic E-state index is 13.7. The highest BCUT2D eigenvalue weighted by Crippen LogP contribution is 2.19. The van der Waals surface area contributed by atoms with E-state index >= 15 is 0 Å². The molecule has 4 rings (SSSR count). The van der Waals surface area contributed by atoms with Crippen LogP contribution in [-0.2, 0) is 11.3 Å². The van der Waals surface area contributed by atoms with Crippen molar-refractivity contribution in [1.29, 1.82) is 0 Å². The average Bonchev–Trinajstić information content (AvgIpc) is 3.17. The molecule has 0 fully saturated rings. The molecular formula is C21H14F3N3O3S. The van der Waals surface area contributed by atoms with Crippen LogP contribution in [0.2, 0.25) is 0 Å². The Hall–Kier alpha value is -3.66. The van der Waals surface area contributed by atoms with Gasteiger partial charge in [-0.05, 0) is 54.3 Å². The first-order chi connectivity index (χ1) is 14.7. The van der Waals surface area contributed by atoms with Crippen LogP contribution in [0, 0.1) is 24.4 Å². The van der Waals surface area contributed by atoms with Crippen LogP contribution in [0.5, 0.6) is 0 Å². The Kier molecular flexibility index (Phi) is 5.24. The summed E-state index contributed by atoms with van der Waals surface area (Å²) in [7, 11) is 0. The predicted octanol–water partition coefficient (Wildman–Crippen LogP) is 3.58. The number of nitrogens with one attached hydrogen (secondary N) is 1. The molecule has 4 aromatic rings. The van der Waals surface area contributed by atoms with Gasteiger partial charge in [0.05, 0.1) is 11.2 Å². The number of benzene rings is 2. The molecule has 10 heteroatoms. The summed E-state index contributed by atoms with van der Waals surface area (Å²) in [6.07, 6.45) is 0. The van der Waals surface area contributed by atoms with Crippen molar-refractivity contribution in [2.45, 2.75) is 13.5 Å². The van der Waals surface area contributed by atoms with Gasteiger partial charge in [-0.15, -0.1) is 11.3 Å². The van der Waals surface area contributed by atoms with Crippen molar-refractivity contribution in [2.24, 2.45) is 0 Å². The minimum absolute atomic E-state index is 0.148. The third-order valence-electron chi connectivity index (χ3n) is 4.62. The largest absolute Gasteiger partial charge is 0.336 e. The first kappa shape index (κ1) is 20.6. The van der Waals surface area contributed by atoms with Crippen LogP contribution < -0.4 is 16.6 Å². The highest BCUT2D eigenvalue weighted by atomic mass is 32.1. The maximum atomic E-state index is 13.7. The Labute approximate surface area is 176 Å². The minimum Gasteiger partial charge on any atom is -0.324 e. The number of amides is 1. The van der Waals surface area contributed by atoms with Gasteiger partial charge in [0.15, 0.2) is 0 Å². The van der Waals surface area contributed by atoms with Crippen molar-refractivity contribution < 1.29 is 18.0 Å². The number of carbonyl (C=O) groups is 1. The summed E-state index contributed by atoms with van der Waals surface area (Å²) in [5.41, 5.74) is -0.883. The summed E-state index contributed by atoms with van der Waals surface area (Å²) in [4.78, 5) is 38.5. The lowest BCUT2D eigenvalue weighted by atomic mass is 10.2. The van der Waals surface area contributed by atoms with Crippen molar-refractivity contribution in [3.8, 4) is 5.69 Å². The molecule has 2 heterocycles. The van der Waals surface area contributed by atoms with E-state index < -0.39 is 41.2 Å².